The summed E-state index contributed by atoms with van der Waals surface area (Å²) in [4.78, 5) is 13.9. The Hall–Kier alpha value is -0.610. The molecule has 1 aliphatic heterocycles. The number of hydrogen-bond donors (Lipinski definition) is 1. The van der Waals surface area contributed by atoms with Crippen molar-refractivity contribution < 1.29 is 4.79 Å². The van der Waals surface area contributed by atoms with Crippen LogP contribution in [0.15, 0.2) is 0 Å². The zero-order valence-corrected chi connectivity index (χ0v) is 13.7. The Morgan fingerprint density at radius 1 is 1.25 bits per heavy atom. The molecule has 0 aromatic carbocycles. The Morgan fingerprint density at radius 2 is 1.85 bits per heavy atom. The normalized spacial score (nSPS) is 17.2. The summed E-state index contributed by atoms with van der Waals surface area (Å²) in [7, 11) is 0. The van der Waals surface area contributed by atoms with Crippen LogP contribution in [0.25, 0.3) is 0 Å². The van der Waals surface area contributed by atoms with Gasteiger partial charge in [0.2, 0.25) is 5.91 Å². The van der Waals surface area contributed by atoms with E-state index in [2.05, 4.69) is 24.5 Å². The molecule has 4 heteroatoms. The number of amides is 1. The Morgan fingerprint density at radius 3 is 2.40 bits per heavy atom. The van der Waals surface area contributed by atoms with Gasteiger partial charge in [-0.1, -0.05) is 0 Å². The van der Waals surface area contributed by atoms with Crippen LogP contribution in [0, 0.1) is 0 Å². The van der Waals surface area contributed by atoms with Gasteiger partial charge in [0.1, 0.15) is 0 Å². The molecule has 4 nitrogen and oxygen atoms in total. The lowest BCUT2D eigenvalue weighted by atomic mass is 9.94. The van der Waals surface area contributed by atoms with Crippen molar-refractivity contribution in [2.24, 2.45) is 0 Å². The van der Waals surface area contributed by atoms with E-state index < -0.39 is 0 Å². The van der Waals surface area contributed by atoms with E-state index in [0.29, 0.717) is 18.4 Å². The van der Waals surface area contributed by atoms with E-state index in [1.54, 1.807) is 0 Å². The maximum Gasteiger partial charge on any atom is 0.222 e. The summed E-state index contributed by atoms with van der Waals surface area (Å²) < 4.78 is 0. The standard InChI is InChI=1S/C16H32N3O/c1-5-19(6-2)15(20)8-7-11-16(3,4)18-14-9-12-17-13-10-14/h14,18H,5-13H2,1-4H3. The topological polar surface area (TPSA) is 46.4 Å². The number of carbonyl (C=O) groups is 1. The molecule has 0 aliphatic carbocycles. The zero-order chi connectivity index (χ0) is 15.0. The lowest BCUT2D eigenvalue weighted by Gasteiger charge is -2.34. The lowest BCUT2D eigenvalue weighted by Crippen LogP contribution is -2.49. The maximum atomic E-state index is 12.0. The molecule has 117 valence electrons. The molecular weight excluding hydrogens is 250 g/mol. The quantitative estimate of drug-likeness (QED) is 0.741. The molecule has 1 fully saturated rings. The summed E-state index contributed by atoms with van der Waals surface area (Å²) in [6.45, 7) is 12.2. The van der Waals surface area contributed by atoms with Gasteiger partial charge in [-0.2, -0.15) is 0 Å². The fraction of sp³-hybridized carbons (Fsp3) is 0.938. The van der Waals surface area contributed by atoms with E-state index in [0.717, 1.165) is 51.9 Å². The van der Waals surface area contributed by atoms with Crippen LogP contribution >= 0.6 is 0 Å². The van der Waals surface area contributed by atoms with Gasteiger partial charge in [0.05, 0.1) is 0 Å². The molecule has 1 N–H and O–H groups in total. The summed E-state index contributed by atoms with van der Waals surface area (Å²) in [6.07, 6.45) is 5.00. The minimum Gasteiger partial charge on any atom is -0.343 e. The van der Waals surface area contributed by atoms with E-state index >= 15 is 0 Å². The fourth-order valence-electron chi connectivity index (χ4n) is 2.94. The van der Waals surface area contributed by atoms with Crippen molar-refractivity contribution in [1.82, 2.24) is 15.5 Å². The molecule has 1 aliphatic rings. The van der Waals surface area contributed by atoms with Crippen LogP contribution in [0.3, 0.4) is 0 Å². The molecule has 0 atom stereocenters. The molecule has 1 saturated heterocycles. The van der Waals surface area contributed by atoms with Gasteiger partial charge in [-0.3, -0.25) is 4.79 Å². The molecule has 0 aromatic rings. The first-order chi connectivity index (χ1) is 9.48. The van der Waals surface area contributed by atoms with Crippen molar-refractivity contribution in [2.45, 2.75) is 71.4 Å². The van der Waals surface area contributed by atoms with Crippen LogP contribution in [-0.4, -0.2) is 48.6 Å². The predicted molar refractivity (Wildman–Crippen MR) is 83.9 cm³/mol. The Balaban J connectivity index is 2.26. The first kappa shape index (κ1) is 17.4. The smallest absolute Gasteiger partial charge is 0.222 e. The average molecular weight is 282 g/mol. The minimum absolute atomic E-state index is 0.117. The number of nitrogens with zero attached hydrogens (tertiary/aromatic N) is 2. The van der Waals surface area contributed by atoms with Gasteiger partial charge in [-0.25, -0.2) is 5.32 Å². The first-order valence-corrected chi connectivity index (χ1v) is 8.17. The summed E-state index contributed by atoms with van der Waals surface area (Å²) in [5, 5.41) is 8.13. The van der Waals surface area contributed by atoms with Crippen molar-refractivity contribution in [3.63, 3.8) is 0 Å². The molecule has 1 heterocycles. The molecule has 1 rings (SSSR count). The lowest BCUT2D eigenvalue weighted by molar-refractivity contribution is -0.130. The van der Waals surface area contributed by atoms with Gasteiger partial charge in [0, 0.05) is 44.2 Å². The number of nitrogens with one attached hydrogen (secondary N) is 1. The van der Waals surface area contributed by atoms with E-state index in [9.17, 15) is 4.79 Å². The summed E-state index contributed by atoms with van der Waals surface area (Å²) in [5.74, 6) is 0.294. The van der Waals surface area contributed by atoms with Crippen LogP contribution in [0.2, 0.25) is 0 Å². The van der Waals surface area contributed by atoms with Crippen LogP contribution in [0.4, 0.5) is 0 Å². The summed E-state index contributed by atoms with van der Waals surface area (Å²) in [6, 6.07) is 0.598. The van der Waals surface area contributed by atoms with Crippen molar-refractivity contribution in [2.75, 3.05) is 26.2 Å². The molecule has 0 unspecified atom stereocenters. The van der Waals surface area contributed by atoms with E-state index in [4.69, 9.17) is 0 Å². The van der Waals surface area contributed by atoms with Crippen molar-refractivity contribution in [3.8, 4) is 0 Å². The van der Waals surface area contributed by atoms with Gasteiger partial charge >= 0.3 is 0 Å². The monoisotopic (exact) mass is 282 g/mol. The van der Waals surface area contributed by atoms with Crippen LogP contribution in [0.1, 0.15) is 59.8 Å². The highest BCUT2D eigenvalue weighted by Crippen LogP contribution is 2.17. The SMILES string of the molecule is CCN(CC)C(=O)CCCC(C)(C)NC1CC[N]CC1. The maximum absolute atomic E-state index is 12.0. The number of rotatable bonds is 8. The van der Waals surface area contributed by atoms with Gasteiger partial charge in [0.25, 0.3) is 0 Å². The molecule has 0 bridgehead atoms. The predicted octanol–water partition coefficient (Wildman–Crippen LogP) is 2.16. The Labute approximate surface area is 124 Å². The molecular formula is C16H32N3O. The number of hydrogen-bond acceptors (Lipinski definition) is 2. The third-order valence-electron chi connectivity index (χ3n) is 4.17. The Bertz CT molecular complexity index is 281. The second-order valence-corrected chi connectivity index (χ2v) is 6.39. The minimum atomic E-state index is 0.117. The van der Waals surface area contributed by atoms with Gasteiger partial charge < -0.3 is 10.2 Å². The Kier molecular flexibility index (Phi) is 7.52. The third-order valence-corrected chi connectivity index (χ3v) is 4.17. The largest absolute Gasteiger partial charge is 0.343 e. The van der Waals surface area contributed by atoms with Crippen molar-refractivity contribution in [3.05, 3.63) is 0 Å². The highest BCUT2D eigenvalue weighted by atomic mass is 16.2. The zero-order valence-electron chi connectivity index (χ0n) is 13.7. The van der Waals surface area contributed by atoms with Crippen LogP contribution in [-0.2, 0) is 4.79 Å². The number of piperidine rings is 1. The summed E-state index contributed by atoms with van der Waals surface area (Å²) in [5.41, 5.74) is 0.117. The fourth-order valence-corrected chi connectivity index (χ4v) is 2.94. The average Bonchev–Trinajstić information content (AvgIpc) is 2.40. The molecule has 0 saturated carbocycles. The highest BCUT2D eigenvalue weighted by molar-refractivity contribution is 5.76. The van der Waals surface area contributed by atoms with Crippen molar-refractivity contribution in [1.29, 1.82) is 0 Å². The second kappa shape index (κ2) is 8.63. The van der Waals surface area contributed by atoms with Gasteiger partial charge in [-0.05, 0) is 53.4 Å². The van der Waals surface area contributed by atoms with Gasteiger partial charge in [0.15, 0.2) is 0 Å². The third kappa shape index (κ3) is 6.23. The van der Waals surface area contributed by atoms with E-state index in [1.807, 2.05) is 18.7 Å². The van der Waals surface area contributed by atoms with E-state index in [1.165, 1.54) is 0 Å². The molecule has 0 aromatic heterocycles. The summed E-state index contributed by atoms with van der Waals surface area (Å²) >= 11 is 0. The number of carbonyl (C=O) groups excluding carboxylic acids is 1. The van der Waals surface area contributed by atoms with Gasteiger partial charge in [-0.15, -0.1) is 0 Å². The molecule has 20 heavy (non-hydrogen) atoms. The molecule has 0 spiro atoms. The first-order valence-electron chi connectivity index (χ1n) is 8.17. The molecule has 1 amide bonds. The second-order valence-electron chi connectivity index (χ2n) is 6.39. The molecule has 1 radical (unpaired) electrons. The van der Waals surface area contributed by atoms with Crippen LogP contribution < -0.4 is 10.6 Å². The van der Waals surface area contributed by atoms with Crippen LogP contribution in [0.5, 0.6) is 0 Å². The highest BCUT2D eigenvalue weighted by Gasteiger charge is 2.23. The van der Waals surface area contributed by atoms with E-state index in [-0.39, 0.29) is 5.54 Å². The van der Waals surface area contributed by atoms with Crippen molar-refractivity contribution >= 4 is 5.91 Å².